The smallest absolute Gasteiger partial charge is 0.338 e. The number of carbonyl (C=O) groups excluding carboxylic acids is 2. The summed E-state index contributed by atoms with van der Waals surface area (Å²) in [7, 11) is 0. The fraction of sp³-hybridized carbons (Fsp3) is 0.429. The highest BCUT2D eigenvalue weighted by molar-refractivity contribution is 14.1. The molecular formula is C14H18INO3. The second-order valence-corrected chi connectivity index (χ2v) is 5.93. The van der Waals surface area contributed by atoms with Crippen LogP contribution in [0.5, 0.6) is 0 Å². The van der Waals surface area contributed by atoms with E-state index in [2.05, 4.69) is 27.9 Å². The van der Waals surface area contributed by atoms with Gasteiger partial charge in [0.25, 0.3) is 5.91 Å². The van der Waals surface area contributed by atoms with Gasteiger partial charge in [-0.25, -0.2) is 4.79 Å². The maximum atomic E-state index is 11.7. The average Bonchev–Trinajstić information content (AvgIpc) is 2.36. The lowest BCUT2D eigenvalue weighted by Crippen LogP contribution is -2.38. The molecule has 1 rings (SSSR count). The van der Waals surface area contributed by atoms with E-state index in [-0.39, 0.29) is 18.6 Å². The first-order valence-electron chi connectivity index (χ1n) is 6.12. The van der Waals surface area contributed by atoms with Crippen LogP contribution in [0.3, 0.4) is 0 Å². The third-order valence-corrected chi connectivity index (χ3v) is 3.52. The van der Waals surface area contributed by atoms with Gasteiger partial charge in [0.15, 0.2) is 6.61 Å². The number of halogens is 1. The number of carbonyl (C=O) groups is 2. The van der Waals surface area contributed by atoms with E-state index in [1.54, 1.807) is 12.1 Å². The van der Waals surface area contributed by atoms with Crippen molar-refractivity contribution in [3.8, 4) is 0 Å². The average molecular weight is 375 g/mol. The van der Waals surface area contributed by atoms with E-state index in [0.29, 0.717) is 11.5 Å². The van der Waals surface area contributed by atoms with Crippen molar-refractivity contribution in [2.75, 3.05) is 6.61 Å². The van der Waals surface area contributed by atoms with E-state index >= 15 is 0 Å². The van der Waals surface area contributed by atoms with Gasteiger partial charge in [-0.05, 0) is 59.7 Å². The standard InChI is InChI=1S/C14H18INO3/c1-9(2)10(3)16-13(17)8-19-14(18)11-4-6-12(15)7-5-11/h4-7,9-10H,8H2,1-3H3,(H,16,17). The summed E-state index contributed by atoms with van der Waals surface area (Å²) in [6.07, 6.45) is 0. The Morgan fingerprint density at radius 3 is 2.32 bits per heavy atom. The van der Waals surface area contributed by atoms with Gasteiger partial charge in [0, 0.05) is 9.61 Å². The van der Waals surface area contributed by atoms with Crippen LogP contribution in [-0.2, 0) is 9.53 Å². The lowest BCUT2D eigenvalue weighted by Gasteiger charge is -2.17. The van der Waals surface area contributed by atoms with Gasteiger partial charge in [0.05, 0.1) is 5.56 Å². The van der Waals surface area contributed by atoms with Gasteiger partial charge in [0.2, 0.25) is 0 Å². The number of rotatable bonds is 5. The third kappa shape index (κ3) is 5.59. The normalized spacial score (nSPS) is 12.1. The van der Waals surface area contributed by atoms with E-state index in [9.17, 15) is 9.59 Å². The molecule has 0 aliphatic carbocycles. The minimum Gasteiger partial charge on any atom is -0.452 e. The van der Waals surface area contributed by atoms with Crippen LogP contribution in [0.4, 0.5) is 0 Å². The first-order chi connectivity index (χ1) is 8.90. The van der Waals surface area contributed by atoms with E-state index < -0.39 is 5.97 Å². The fourth-order valence-corrected chi connectivity index (χ4v) is 1.62. The maximum Gasteiger partial charge on any atom is 0.338 e. The summed E-state index contributed by atoms with van der Waals surface area (Å²) in [6, 6.07) is 7.05. The molecule has 104 valence electrons. The summed E-state index contributed by atoms with van der Waals surface area (Å²) in [6.45, 7) is 5.70. The lowest BCUT2D eigenvalue weighted by atomic mass is 10.1. The minimum absolute atomic E-state index is 0.0597. The van der Waals surface area contributed by atoms with E-state index in [0.717, 1.165) is 3.57 Å². The van der Waals surface area contributed by atoms with Crippen molar-refractivity contribution in [3.05, 3.63) is 33.4 Å². The van der Waals surface area contributed by atoms with Gasteiger partial charge < -0.3 is 10.1 Å². The van der Waals surface area contributed by atoms with Crippen LogP contribution in [0.2, 0.25) is 0 Å². The Labute approximate surface area is 127 Å². The van der Waals surface area contributed by atoms with Crippen molar-refractivity contribution in [1.82, 2.24) is 5.32 Å². The molecule has 0 bridgehead atoms. The molecule has 0 radical (unpaired) electrons. The molecule has 4 nitrogen and oxygen atoms in total. The molecular weight excluding hydrogens is 357 g/mol. The van der Waals surface area contributed by atoms with Crippen LogP contribution in [0.25, 0.3) is 0 Å². The lowest BCUT2D eigenvalue weighted by molar-refractivity contribution is -0.125. The van der Waals surface area contributed by atoms with Gasteiger partial charge >= 0.3 is 5.97 Å². The SMILES string of the molecule is CC(C)C(C)NC(=O)COC(=O)c1ccc(I)cc1. The second kappa shape index (κ2) is 7.47. The molecule has 0 saturated carbocycles. The predicted octanol–water partition coefficient (Wildman–Crippen LogP) is 2.61. The largest absolute Gasteiger partial charge is 0.452 e. The molecule has 1 aromatic rings. The summed E-state index contributed by atoms with van der Waals surface area (Å²) in [4.78, 5) is 23.2. The zero-order valence-corrected chi connectivity index (χ0v) is 13.4. The Kier molecular flexibility index (Phi) is 6.27. The highest BCUT2D eigenvalue weighted by Gasteiger charge is 2.13. The summed E-state index contributed by atoms with van der Waals surface area (Å²) in [5.41, 5.74) is 0.449. The number of esters is 1. The maximum absolute atomic E-state index is 11.7. The number of hydrogen-bond acceptors (Lipinski definition) is 3. The first kappa shape index (κ1) is 15.9. The quantitative estimate of drug-likeness (QED) is 0.636. The van der Waals surface area contributed by atoms with Crippen LogP contribution in [0.15, 0.2) is 24.3 Å². The molecule has 19 heavy (non-hydrogen) atoms. The molecule has 1 amide bonds. The van der Waals surface area contributed by atoms with Gasteiger partial charge in [-0.3, -0.25) is 4.79 Å². The second-order valence-electron chi connectivity index (χ2n) is 4.68. The Morgan fingerprint density at radius 1 is 1.21 bits per heavy atom. The molecule has 0 heterocycles. The highest BCUT2D eigenvalue weighted by atomic mass is 127. The highest BCUT2D eigenvalue weighted by Crippen LogP contribution is 2.08. The summed E-state index contributed by atoms with van der Waals surface area (Å²) in [5.74, 6) is -0.417. The van der Waals surface area contributed by atoms with Gasteiger partial charge in [-0.2, -0.15) is 0 Å². The third-order valence-electron chi connectivity index (χ3n) is 2.80. The van der Waals surface area contributed by atoms with Crippen molar-refractivity contribution in [2.45, 2.75) is 26.8 Å². The van der Waals surface area contributed by atoms with Crippen molar-refractivity contribution in [3.63, 3.8) is 0 Å². The van der Waals surface area contributed by atoms with Crippen LogP contribution >= 0.6 is 22.6 Å². The monoisotopic (exact) mass is 375 g/mol. The van der Waals surface area contributed by atoms with Crippen molar-refractivity contribution < 1.29 is 14.3 Å². The zero-order chi connectivity index (χ0) is 14.4. The molecule has 0 aliphatic rings. The number of benzene rings is 1. The topological polar surface area (TPSA) is 55.4 Å². The van der Waals surface area contributed by atoms with E-state index in [1.807, 2.05) is 32.9 Å². The fourth-order valence-electron chi connectivity index (χ4n) is 1.26. The molecule has 0 aromatic heterocycles. The molecule has 0 fully saturated rings. The number of amides is 1. The molecule has 1 unspecified atom stereocenters. The summed E-state index contributed by atoms with van der Waals surface area (Å²) < 4.78 is 6.00. The van der Waals surface area contributed by atoms with Crippen LogP contribution < -0.4 is 5.32 Å². The number of nitrogens with one attached hydrogen (secondary N) is 1. The molecule has 1 atom stereocenters. The van der Waals surface area contributed by atoms with Gasteiger partial charge in [-0.15, -0.1) is 0 Å². The predicted molar refractivity (Wildman–Crippen MR) is 81.9 cm³/mol. The Hall–Kier alpha value is -1.11. The number of hydrogen-bond donors (Lipinski definition) is 1. The number of ether oxygens (including phenoxy) is 1. The summed E-state index contributed by atoms with van der Waals surface area (Å²) >= 11 is 2.15. The molecule has 1 aromatic carbocycles. The van der Waals surface area contributed by atoms with Crippen molar-refractivity contribution >= 4 is 34.5 Å². The molecule has 0 aliphatic heterocycles. The summed E-state index contributed by atoms with van der Waals surface area (Å²) in [5, 5.41) is 2.78. The molecule has 0 saturated heterocycles. The van der Waals surface area contributed by atoms with E-state index in [1.165, 1.54) is 0 Å². The Bertz CT molecular complexity index is 443. The van der Waals surface area contributed by atoms with E-state index in [4.69, 9.17) is 4.74 Å². The Morgan fingerprint density at radius 2 is 1.79 bits per heavy atom. The van der Waals surface area contributed by atoms with Crippen molar-refractivity contribution in [2.24, 2.45) is 5.92 Å². The van der Waals surface area contributed by atoms with Crippen molar-refractivity contribution in [1.29, 1.82) is 0 Å². The van der Waals surface area contributed by atoms with Gasteiger partial charge in [-0.1, -0.05) is 13.8 Å². The van der Waals surface area contributed by atoms with Crippen LogP contribution in [0, 0.1) is 9.49 Å². The Balaban J connectivity index is 2.42. The molecule has 1 N–H and O–H groups in total. The van der Waals surface area contributed by atoms with Crippen LogP contribution in [0.1, 0.15) is 31.1 Å². The molecule has 5 heteroatoms. The van der Waals surface area contributed by atoms with Gasteiger partial charge in [0.1, 0.15) is 0 Å². The first-order valence-corrected chi connectivity index (χ1v) is 7.20. The zero-order valence-electron chi connectivity index (χ0n) is 11.3. The molecule has 0 spiro atoms. The van der Waals surface area contributed by atoms with Crippen LogP contribution in [-0.4, -0.2) is 24.5 Å². The minimum atomic E-state index is -0.483.